The standard InChI is InChI=1S/C11H23NOS2/c1-5-7-9-11(14-13,8-6-2)10-15(3,4)12/h6-9,13H,5,10,12H2,1-4H3. The molecule has 2 nitrogen and oxygen atoms in total. The molecule has 0 aromatic rings. The Morgan fingerprint density at radius 3 is 2.33 bits per heavy atom. The first-order valence-corrected chi connectivity index (χ1v) is 8.47. The Kier molecular flexibility index (Phi) is 6.68. The summed E-state index contributed by atoms with van der Waals surface area (Å²) in [6, 6.07) is 0. The smallest absolute Gasteiger partial charge is 0.0865 e. The van der Waals surface area contributed by atoms with Gasteiger partial charge in [0.15, 0.2) is 0 Å². The van der Waals surface area contributed by atoms with E-state index < -0.39 is 10.2 Å². The Hall–Kier alpha value is 0.1000. The maximum atomic E-state index is 9.47. The van der Waals surface area contributed by atoms with Crippen LogP contribution in [0.2, 0.25) is 0 Å². The summed E-state index contributed by atoms with van der Waals surface area (Å²) in [5.41, 5.74) is 0. The fourth-order valence-corrected chi connectivity index (χ4v) is 4.25. The molecule has 90 valence electrons. The molecule has 0 aliphatic heterocycles. The minimum atomic E-state index is -1.13. The van der Waals surface area contributed by atoms with Crippen molar-refractivity contribution in [3.8, 4) is 0 Å². The summed E-state index contributed by atoms with van der Waals surface area (Å²) in [5.74, 6) is 0.794. The summed E-state index contributed by atoms with van der Waals surface area (Å²) in [7, 11) is -1.13. The SMILES string of the molecule is CC=CC(C=CCC)(CS(C)(C)N)SO. The molecule has 0 aliphatic rings. The van der Waals surface area contributed by atoms with Crippen LogP contribution in [0.25, 0.3) is 0 Å². The maximum Gasteiger partial charge on any atom is 0.0865 e. The van der Waals surface area contributed by atoms with E-state index in [4.69, 9.17) is 5.14 Å². The van der Waals surface area contributed by atoms with Crippen LogP contribution in [0.1, 0.15) is 20.3 Å². The highest BCUT2D eigenvalue weighted by Gasteiger charge is 2.28. The average molecular weight is 249 g/mol. The lowest BCUT2D eigenvalue weighted by atomic mass is 10.1. The van der Waals surface area contributed by atoms with Gasteiger partial charge in [0.2, 0.25) is 0 Å². The molecule has 3 N–H and O–H groups in total. The lowest BCUT2D eigenvalue weighted by molar-refractivity contribution is 0.648. The van der Waals surface area contributed by atoms with Gasteiger partial charge in [-0.25, -0.2) is 0 Å². The molecule has 0 rings (SSSR count). The number of rotatable bonds is 6. The predicted octanol–water partition coefficient (Wildman–Crippen LogP) is 3.41. The van der Waals surface area contributed by atoms with Gasteiger partial charge in [-0.1, -0.05) is 31.2 Å². The molecule has 0 saturated heterocycles. The first-order chi connectivity index (χ1) is 6.89. The van der Waals surface area contributed by atoms with Gasteiger partial charge < -0.3 is 4.55 Å². The van der Waals surface area contributed by atoms with E-state index in [2.05, 4.69) is 31.6 Å². The quantitative estimate of drug-likeness (QED) is 0.560. The number of hydrogen-bond donors (Lipinski definition) is 2. The third-order valence-corrected chi connectivity index (χ3v) is 4.01. The Bertz CT molecular complexity index is 233. The van der Waals surface area contributed by atoms with Crippen LogP contribution in [0, 0.1) is 0 Å². The van der Waals surface area contributed by atoms with Crippen LogP contribution in [0.5, 0.6) is 0 Å². The summed E-state index contributed by atoms with van der Waals surface area (Å²) in [6.45, 7) is 4.04. The molecular formula is C11H23NOS2. The third-order valence-electron chi connectivity index (χ3n) is 1.85. The fraction of sp³-hybridized carbons (Fsp3) is 0.636. The number of hydrogen-bond acceptors (Lipinski definition) is 3. The third kappa shape index (κ3) is 6.30. The molecule has 0 radical (unpaired) electrons. The van der Waals surface area contributed by atoms with Crippen molar-refractivity contribution in [1.82, 2.24) is 0 Å². The van der Waals surface area contributed by atoms with Crippen molar-refractivity contribution in [3.63, 3.8) is 0 Å². The van der Waals surface area contributed by atoms with Crippen LogP contribution >= 0.6 is 22.3 Å². The second-order valence-corrected chi connectivity index (χ2v) is 8.60. The summed E-state index contributed by atoms with van der Waals surface area (Å²) >= 11 is 0.876. The Labute approximate surface area is 99.7 Å². The second kappa shape index (κ2) is 6.63. The van der Waals surface area contributed by atoms with E-state index in [1.807, 2.05) is 19.1 Å². The van der Waals surface area contributed by atoms with Crippen molar-refractivity contribution in [3.05, 3.63) is 24.3 Å². The van der Waals surface area contributed by atoms with Crippen molar-refractivity contribution in [2.75, 3.05) is 18.3 Å². The highest BCUT2D eigenvalue weighted by atomic mass is 32.3. The van der Waals surface area contributed by atoms with E-state index in [1.54, 1.807) is 0 Å². The Balaban J connectivity index is 4.89. The lowest BCUT2D eigenvalue weighted by Gasteiger charge is -2.35. The van der Waals surface area contributed by atoms with Gasteiger partial charge in [0.25, 0.3) is 0 Å². The van der Waals surface area contributed by atoms with Gasteiger partial charge >= 0.3 is 0 Å². The van der Waals surface area contributed by atoms with Gasteiger partial charge in [-0.3, -0.25) is 5.14 Å². The highest BCUT2D eigenvalue weighted by Crippen LogP contribution is 2.41. The summed E-state index contributed by atoms with van der Waals surface area (Å²) in [6.07, 6.45) is 13.2. The van der Waals surface area contributed by atoms with Crippen molar-refractivity contribution in [2.24, 2.45) is 5.14 Å². The van der Waals surface area contributed by atoms with E-state index in [0.29, 0.717) is 0 Å². The first-order valence-electron chi connectivity index (χ1n) is 5.02. The Morgan fingerprint density at radius 2 is 2.00 bits per heavy atom. The fourth-order valence-electron chi connectivity index (χ4n) is 1.42. The highest BCUT2D eigenvalue weighted by molar-refractivity contribution is 8.31. The number of allylic oxidation sites excluding steroid dienone is 2. The van der Waals surface area contributed by atoms with Gasteiger partial charge in [-0.2, -0.15) is 10.2 Å². The van der Waals surface area contributed by atoms with E-state index in [1.165, 1.54) is 0 Å². The van der Waals surface area contributed by atoms with Crippen molar-refractivity contribution in [2.45, 2.75) is 25.0 Å². The second-order valence-electron chi connectivity index (χ2n) is 4.12. The molecule has 0 fully saturated rings. The molecule has 0 bridgehead atoms. The summed E-state index contributed by atoms with van der Waals surface area (Å²) < 4.78 is 9.12. The molecule has 1 atom stereocenters. The molecule has 0 saturated carbocycles. The van der Waals surface area contributed by atoms with Crippen molar-refractivity contribution in [1.29, 1.82) is 0 Å². The summed E-state index contributed by atoms with van der Waals surface area (Å²) in [4.78, 5) is 0. The zero-order valence-electron chi connectivity index (χ0n) is 10.1. The molecule has 0 amide bonds. The van der Waals surface area contributed by atoms with Crippen LogP contribution < -0.4 is 5.14 Å². The van der Waals surface area contributed by atoms with E-state index in [9.17, 15) is 4.55 Å². The summed E-state index contributed by atoms with van der Waals surface area (Å²) in [5, 5.41) is 6.09. The molecule has 0 aromatic heterocycles. The lowest BCUT2D eigenvalue weighted by Crippen LogP contribution is -2.30. The zero-order valence-corrected chi connectivity index (χ0v) is 11.7. The van der Waals surface area contributed by atoms with E-state index >= 15 is 0 Å². The largest absolute Gasteiger partial charge is 0.329 e. The van der Waals surface area contributed by atoms with Gasteiger partial charge in [-0.05, 0) is 25.9 Å². The normalized spacial score (nSPS) is 18.5. The molecule has 0 heterocycles. The topological polar surface area (TPSA) is 46.2 Å². The molecule has 1 unspecified atom stereocenters. The average Bonchev–Trinajstić information content (AvgIpc) is 2.12. The predicted molar refractivity (Wildman–Crippen MR) is 75.7 cm³/mol. The van der Waals surface area contributed by atoms with Crippen LogP contribution in [0.3, 0.4) is 0 Å². The van der Waals surface area contributed by atoms with Gasteiger partial charge in [-0.15, -0.1) is 0 Å². The van der Waals surface area contributed by atoms with E-state index in [0.717, 1.165) is 24.2 Å². The zero-order chi connectivity index (χ0) is 11.9. The maximum absolute atomic E-state index is 9.47. The molecule has 0 aromatic carbocycles. The van der Waals surface area contributed by atoms with Crippen LogP contribution in [-0.4, -0.2) is 27.6 Å². The van der Waals surface area contributed by atoms with Gasteiger partial charge in [0.05, 0.1) is 4.75 Å². The molecule has 0 aliphatic carbocycles. The van der Waals surface area contributed by atoms with Crippen LogP contribution in [0.4, 0.5) is 0 Å². The molecule has 0 spiro atoms. The van der Waals surface area contributed by atoms with Crippen LogP contribution in [-0.2, 0) is 0 Å². The number of nitrogens with two attached hydrogens (primary N) is 1. The van der Waals surface area contributed by atoms with Gasteiger partial charge in [0.1, 0.15) is 0 Å². The monoisotopic (exact) mass is 249 g/mol. The van der Waals surface area contributed by atoms with E-state index in [-0.39, 0.29) is 4.75 Å². The first kappa shape index (κ1) is 15.1. The molecule has 4 heteroatoms. The molecule has 15 heavy (non-hydrogen) atoms. The minimum absolute atomic E-state index is 0.349. The van der Waals surface area contributed by atoms with Crippen LogP contribution in [0.15, 0.2) is 24.3 Å². The van der Waals surface area contributed by atoms with Crippen molar-refractivity contribution >= 4 is 22.3 Å². The Morgan fingerprint density at radius 1 is 1.40 bits per heavy atom. The molecular weight excluding hydrogens is 226 g/mol. The van der Waals surface area contributed by atoms with Crippen molar-refractivity contribution < 1.29 is 4.55 Å². The van der Waals surface area contributed by atoms with Gasteiger partial charge in [0, 0.05) is 17.8 Å². The minimum Gasteiger partial charge on any atom is -0.329 e.